The molecule has 0 amide bonds. The molecule has 3 unspecified atom stereocenters. The minimum atomic E-state index is -0.691. The van der Waals surface area contributed by atoms with Gasteiger partial charge in [0, 0.05) is 12.0 Å². The molecule has 4 heteroatoms. The van der Waals surface area contributed by atoms with Crippen molar-refractivity contribution in [2.75, 3.05) is 26.2 Å². The molecular weight excluding hydrogens is 434 g/mol. The van der Waals surface area contributed by atoms with E-state index in [2.05, 4.69) is 49.1 Å². The Morgan fingerprint density at radius 3 is 2.46 bits per heavy atom. The quantitative estimate of drug-likeness (QED) is 0.582. The average molecular weight is 482 g/mol. The van der Waals surface area contributed by atoms with E-state index in [4.69, 9.17) is 4.74 Å². The second kappa shape index (κ2) is 8.82. The van der Waals surface area contributed by atoms with Gasteiger partial charge in [-0.05, 0) is 112 Å². The van der Waals surface area contributed by atoms with Crippen LogP contribution in [0.2, 0.25) is 0 Å². The van der Waals surface area contributed by atoms with Crippen LogP contribution in [-0.4, -0.2) is 53.1 Å². The number of benzene rings is 1. The van der Waals surface area contributed by atoms with Crippen LogP contribution in [0.5, 0.6) is 0 Å². The minimum absolute atomic E-state index is 0.122. The minimum Gasteiger partial charge on any atom is -0.393 e. The highest BCUT2D eigenvalue weighted by molar-refractivity contribution is 5.33. The molecule has 1 saturated heterocycles. The van der Waals surface area contributed by atoms with Crippen molar-refractivity contribution in [3.05, 3.63) is 35.9 Å². The fourth-order valence-electron chi connectivity index (χ4n) is 10.0. The van der Waals surface area contributed by atoms with Gasteiger partial charge in [0.15, 0.2) is 0 Å². The molecule has 8 atom stereocenters. The van der Waals surface area contributed by atoms with E-state index in [1.54, 1.807) is 0 Å². The molecule has 4 nitrogen and oxygen atoms in total. The molecule has 0 aromatic heterocycles. The number of hydrogen-bond donors (Lipinski definition) is 2. The van der Waals surface area contributed by atoms with Gasteiger partial charge >= 0.3 is 0 Å². The Hall–Kier alpha value is -0.940. The summed E-state index contributed by atoms with van der Waals surface area (Å²) in [4.78, 5) is 2.54. The summed E-state index contributed by atoms with van der Waals surface area (Å²) in [6.07, 6.45) is 11.7. The summed E-state index contributed by atoms with van der Waals surface area (Å²) in [5, 5.41) is 23.2. The Balaban J connectivity index is 1.32. The molecule has 0 bridgehead atoms. The second-order valence-electron chi connectivity index (χ2n) is 13.3. The summed E-state index contributed by atoms with van der Waals surface area (Å²) in [5.41, 5.74) is 0.120. The first-order valence-electron chi connectivity index (χ1n) is 14.6. The van der Waals surface area contributed by atoms with Crippen molar-refractivity contribution in [2.45, 2.75) is 102 Å². The number of fused-ring (bicyclic) bond motifs is 5. The average Bonchev–Trinajstić information content (AvgIpc) is 3.46. The molecule has 5 fully saturated rings. The number of aliphatic hydroxyl groups excluding tert-OH is 1. The molecule has 5 aliphatic rings. The van der Waals surface area contributed by atoms with E-state index in [9.17, 15) is 10.2 Å². The largest absolute Gasteiger partial charge is 0.393 e. The molecule has 0 spiro atoms. The fraction of sp³-hybridized carbons (Fsp3) is 0.806. The zero-order valence-electron chi connectivity index (χ0n) is 22.1. The van der Waals surface area contributed by atoms with Crippen LogP contribution in [0.15, 0.2) is 30.3 Å². The number of hydrogen-bond acceptors (Lipinski definition) is 4. The van der Waals surface area contributed by atoms with Crippen molar-refractivity contribution in [1.82, 2.24) is 4.90 Å². The predicted molar refractivity (Wildman–Crippen MR) is 139 cm³/mol. The van der Waals surface area contributed by atoms with Gasteiger partial charge < -0.3 is 19.8 Å². The first-order valence-corrected chi connectivity index (χ1v) is 14.6. The standard InChI is InChI=1S/C31H47NO3/c1-28-14-12-25(33)22-24(28)10-11-27-26(28)13-15-29(2)30(27,34)16-17-31(29,23-8-4-3-5-9-23)35-21-20-32-18-6-7-19-32/h3-5,8-9,24-27,33-34H,6-7,10-22H2,1-2H3/t24?,25?,26-,27-,28+,29+,30-,31?/m1/s1. The topological polar surface area (TPSA) is 52.9 Å². The van der Waals surface area contributed by atoms with Gasteiger partial charge in [0.1, 0.15) is 5.60 Å². The van der Waals surface area contributed by atoms with Crippen LogP contribution >= 0.6 is 0 Å². The lowest BCUT2D eigenvalue weighted by Gasteiger charge is -2.64. The third-order valence-electron chi connectivity index (χ3n) is 12.1. The van der Waals surface area contributed by atoms with Gasteiger partial charge in [-0.25, -0.2) is 0 Å². The second-order valence-corrected chi connectivity index (χ2v) is 13.3. The first kappa shape index (κ1) is 24.4. The third-order valence-corrected chi connectivity index (χ3v) is 12.1. The molecule has 194 valence electrons. The molecule has 1 heterocycles. The smallest absolute Gasteiger partial charge is 0.101 e. The highest BCUT2D eigenvalue weighted by Crippen LogP contribution is 2.72. The van der Waals surface area contributed by atoms with Gasteiger partial charge in [-0.1, -0.05) is 44.2 Å². The van der Waals surface area contributed by atoms with Crippen LogP contribution < -0.4 is 0 Å². The van der Waals surface area contributed by atoms with Crippen molar-refractivity contribution in [2.24, 2.45) is 28.6 Å². The van der Waals surface area contributed by atoms with Gasteiger partial charge in [0.2, 0.25) is 0 Å². The molecule has 1 aromatic rings. The van der Waals surface area contributed by atoms with Gasteiger partial charge in [0.05, 0.1) is 18.3 Å². The SMILES string of the molecule is C[C@]12CCC(O)CC1CC[C@@H]1[C@H]2CC[C@]2(C)C(OCCN3CCCC3)(c3ccccc3)CC[C@@]12O. The van der Waals surface area contributed by atoms with Crippen molar-refractivity contribution < 1.29 is 14.9 Å². The summed E-state index contributed by atoms with van der Waals surface area (Å²) in [7, 11) is 0. The number of aliphatic hydroxyl groups is 2. The number of ether oxygens (including phenoxy) is 1. The predicted octanol–water partition coefficient (Wildman–Crippen LogP) is 5.51. The van der Waals surface area contributed by atoms with Crippen LogP contribution in [0.3, 0.4) is 0 Å². The molecule has 0 radical (unpaired) electrons. The van der Waals surface area contributed by atoms with Crippen LogP contribution in [0.1, 0.15) is 90.0 Å². The molecule has 4 aliphatic carbocycles. The molecule has 1 aromatic carbocycles. The van der Waals surface area contributed by atoms with Crippen molar-refractivity contribution in [3.8, 4) is 0 Å². The van der Waals surface area contributed by atoms with Crippen molar-refractivity contribution >= 4 is 0 Å². The molecule has 1 aliphatic heterocycles. The lowest BCUT2D eigenvalue weighted by atomic mass is 9.42. The normalized spacial score (nSPS) is 47.8. The van der Waals surface area contributed by atoms with Gasteiger partial charge in [-0.2, -0.15) is 0 Å². The fourth-order valence-corrected chi connectivity index (χ4v) is 10.0. The highest BCUT2D eigenvalue weighted by Gasteiger charge is 2.72. The lowest BCUT2D eigenvalue weighted by Crippen LogP contribution is -2.65. The molecule has 6 rings (SSSR count). The highest BCUT2D eigenvalue weighted by atomic mass is 16.5. The maximum absolute atomic E-state index is 12.8. The molecular formula is C31H47NO3. The summed E-state index contributed by atoms with van der Waals surface area (Å²) in [6.45, 7) is 9.00. The van der Waals surface area contributed by atoms with E-state index in [0.29, 0.717) is 17.8 Å². The zero-order chi connectivity index (χ0) is 24.3. The van der Waals surface area contributed by atoms with Crippen molar-refractivity contribution in [1.29, 1.82) is 0 Å². The molecule has 4 saturated carbocycles. The summed E-state index contributed by atoms with van der Waals surface area (Å²) >= 11 is 0. The Morgan fingerprint density at radius 2 is 1.69 bits per heavy atom. The maximum atomic E-state index is 12.8. The van der Waals surface area contributed by atoms with Crippen LogP contribution in [0.4, 0.5) is 0 Å². The first-order chi connectivity index (χ1) is 16.8. The summed E-state index contributed by atoms with van der Waals surface area (Å²) < 4.78 is 7.07. The number of nitrogens with zero attached hydrogens (tertiary/aromatic N) is 1. The summed E-state index contributed by atoms with van der Waals surface area (Å²) in [5.74, 6) is 1.51. The molecule has 35 heavy (non-hydrogen) atoms. The third kappa shape index (κ3) is 3.53. The lowest BCUT2D eigenvalue weighted by molar-refractivity contribution is -0.249. The Labute approximate surface area is 212 Å². The van der Waals surface area contributed by atoms with E-state index in [1.807, 2.05) is 0 Å². The summed E-state index contributed by atoms with van der Waals surface area (Å²) in [6, 6.07) is 10.9. The van der Waals surface area contributed by atoms with Crippen LogP contribution in [0, 0.1) is 28.6 Å². The monoisotopic (exact) mass is 481 g/mol. The van der Waals surface area contributed by atoms with E-state index >= 15 is 0 Å². The van der Waals surface area contributed by atoms with Crippen molar-refractivity contribution in [3.63, 3.8) is 0 Å². The molecule has 2 N–H and O–H groups in total. The van der Waals surface area contributed by atoms with E-state index in [1.165, 1.54) is 37.9 Å². The zero-order valence-corrected chi connectivity index (χ0v) is 22.1. The number of likely N-dealkylation sites (tertiary alicyclic amines) is 1. The maximum Gasteiger partial charge on any atom is 0.101 e. The van der Waals surface area contributed by atoms with Gasteiger partial charge in [-0.3, -0.25) is 0 Å². The van der Waals surface area contributed by atoms with Gasteiger partial charge in [0.25, 0.3) is 0 Å². The Morgan fingerprint density at radius 1 is 0.914 bits per heavy atom. The van der Waals surface area contributed by atoms with Gasteiger partial charge in [-0.15, -0.1) is 0 Å². The van der Waals surface area contributed by atoms with Crippen LogP contribution in [0.25, 0.3) is 0 Å². The van der Waals surface area contributed by atoms with E-state index in [-0.39, 0.29) is 16.9 Å². The van der Waals surface area contributed by atoms with E-state index in [0.717, 1.165) is 64.5 Å². The van der Waals surface area contributed by atoms with E-state index < -0.39 is 11.2 Å². The number of rotatable bonds is 5. The Kier molecular flexibility index (Phi) is 6.15. The Bertz CT molecular complexity index is 902. The van der Waals surface area contributed by atoms with Crippen LogP contribution in [-0.2, 0) is 10.3 Å².